The number of aryl methyl sites for hydroxylation is 1. The van der Waals surface area contributed by atoms with Crippen molar-refractivity contribution in [1.29, 1.82) is 0 Å². The van der Waals surface area contributed by atoms with Crippen LogP contribution in [-0.4, -0.2) is 26.5 Å². The van der Waals surface area contributed by atoms with E-state index >= 15 is 0 Å². The van der Waals surface area contributed by atoms with Crippen molar-refractivity contribution in [2.45, 2.75) is 17.0 Å². The standard InChI is InChI=1S/C10H10BFN2O2S2/c1-6-13-10(18-14-6)17-5-7-2-3-9(12)8(4-7)11(15)16/h2-4,15-16H,5H2,1H3. The van der Waals surface area contributed by atoms with Crippen LogP contribution in [0.3, 0.4) is 0 Å². The Hall–Kier alpha value is -0.955. The SMILES string of the molecule is Cc1nsc(SCc2ccc(F)c(B(O)O)c2)n1. The van der Waals surface area contributed by atoms with Gasteiger partial charge in [0.1, 0.15) is 11.6 Å². The molecule has 18 heavy (non-hydrogen) atoms. The van der Waals surface area contributed by atoms with Gasteiger partial charge in [-0.2, -0.15) is 4.37 Å². The molecule has 0 bridgehead atoms. The van der Waals surface area contributed by atoms with Crippen molar-refractivity contribution in [2.24, 2.45) is 0 Å². The van der Waals surface area contributed by atoms with Gasteiger partial charge in [-0.1, -0.05) is 23.9 Å². The van der Waals surface area contributed by atoms with Gasteiger partial charge in [0.05, 0.1) is 0 Å². The van der Waals surface area contributed by atoms with E-state index in [0.29, 0.717) is 5.75 Å². The van der Waals surface area contributed by atoms with Crippen molar-refractivity contribution in [3.8, 4) is 0 Å². The Balaban J connectivity index is 2.08. The Bertz CT molecular complexity index is 550. The number of rotatable bonds is 4. The first-order chi connectivity index (χ1) is 8.56. The normalized spacial score (nSPS) is 10.7. The lowest BCUT2D eigenvalue weighted by molar-refractivity contribution is 0.423. The minimum Gasteiger partial charge on any atom is -0.423 e. The summed E-state index contributed by atoms with van der Waals surface area (Å²) >= 11 is 2.79. The van der Waals surface area contributed by atoms with Crippen molar-refractivity contribution in [3.05, 3.63) is 35.4 Å². The molecule has 2 rings (SSSR count). The minimum absolute atomic E-state index is 0.110. The maximum Gasteiger partial charge on any atom is 0.491 e. The third-order valence-corrected chi connectivity index (χ3v) is 4.21. The molecule has 1 heterocycles. The van der Waals surface area contributed by atoms with E-state index in [2.05, 4.69) is 9.36 Å². The summed E-state index contributed by atoms with van der Waals surface area (Å²) in [6.45, 7) is 1.82. The summed E-state index contributed by atoms with van der Waals surface area (Å²) in [4.78, 5) is 4.20. The number of hydrogen-bond donors (Lipinski definition) is 2. The topological polar surface area (TPSA) is 66.2 Å². The van der Waals surface area contributed by atoms with Gasteiger partial charge in [-0.15, -0.1) is 0 Å². The van der Waals surface area contributed by atoms with Gasteiger partial charge in [0.25, 0.3) is 0 Å². The third kappa shape index (κ3) is 3.29. The van der Waals surface area contributed by atoms with Crippen LogP contribution in [-0.2, 0) is 5.75 Å². The van der Waals surface area contributed by atoms with Crippen LogP contribution >= 0.6 is 23.3 Å². The quantitative estimate of drug-likeness (QED) is 0.646. The second kappa shape index (κ2) is 5.79. The number of aromatic nitrogens is 2. The van der Waals surface area contributed by atoms with Crippen LogP contribution in [0.25, 0.3) is 0 Å². The zero-order valence-electron chi connectivity index (χ0n) is 9.50. The molecule has 8 heteroatoms. The first-order valence-corrected chi connectivity index (χ1v) is 6.89. The van der Waals surface area contributed by atoms with E-state index in [1.807, 2.05) is 6.92 Å². The Morgan fingerprint density at radius 2 is 2.22 bits per heavy atom. The summed E-state index contributed by atoms with van der Waals surface area (Å²) in [5.41, 5.74) is 0.693. The molecule has 0 unspecified atom stereocenters. The van der Waals surface area contributed by atoms with E-state index in [1.165, 1.54) is 35.4 Å². The molecular weight excluding hydrogens is 274 g/mol. The Labute approximate surface area is 112 Å². The van der Waals surface area contributed by atoms with Gasteiger partial charge >= 0.3 is 7.12 Å². The Morgan fingerprint density at radius 1 is 1.44 bits per heavy atom. The van der Waals surface area contributed by atoms with E-state index in [4.69, 9.17) is 10.0 Å². The maximum atomic E-state index is 13.2. The van der Waals surface area contributed by atoms with Crippen molar-refractivity contribution >= 4 is 35.9 Å². The predicted molar refractivity (Wildman–Crippen MR) is 70.4 cm³/mol. The van der Waals surface area contributed by atoms with Crippen LogP contribution in [0.2, 0.25) is 0 Å². The molecule has 2 aromatic rings. The molecule has 0 aliphatic carbocycles. The highest BCUT2D eigenvalue weighted by Gasteiger charge is 2.16. The highest BCUT2D eigenvalue weighted by molar-refractivity contribution is 8.00. The second-order valence-corrected chi connectivity index (χ2v) is 5.60. The van der Waals surface area contributed by atoms with E-state index in [0.717, 1.165) is 15.7 Å². The molecule has 0 radical (unpaired) electrons. The van der Waals surface area contributed by atoms with E-state index in [1.54, 1.807) is 6.07 Å². The third-order valence-electron chi connectivity index (χ3n) is 2.21. The minimum atomic E-state index is -1.79. The largest absolute Gasteiger partial charge is 0.491 e. The van der Waals surface area contributed by atoms with Gasteiger partial charge in [0, 0.05) is 11.2 Å². The fraction of sp³-hybridized carbons (Fsp3) is 0.200. The van der Waals surface area contributed by atoms with E-state index in [-0.39, 0.29) is 5.46 Å². The second-order valence-electron chi connectivity index (χ2n) is 3.63. The first-order valence-electron chi connectivity index (χ1n) is 5.14. The number of hydrogen-bond acceptors (Lipinski definition) is 6. The highest BCUT2D eigenvalue weighted by Crippen LogP contribution is 2.23. The summed E-state index contributed by atoms with van der Waals surface area (Å²) in [5, 5.41) is 18.0. The van der Waals surface area contributed by atoms with Crippen molar-refractivity contribution in [1.82, 2.24) is 9.36 Å². The van der Waals surface area contributed by atoms with Crippen LogP contribution in [0.1, 0.15) is 11.4 Å². The molecule has 1 aromatic heterocycles. The van der Waals surface area contributed by atoms with Gasteiger partial charge in [-0.3, -0.25) is 0 Å². The molecule has 1 aromatic carbocycles. The van der Waals surface area contributed by atoms with Crippen molar-refractivity contribution < 1.29 is 14.4 Å². The lowest BCUT2D eigenvalue weighted by atomic mass is 9.79. The summed E-state index contributed by atoms with van der Waals surface area (Å²) in [6, 6.07) is 4.29. The fourth-order valence-corrected chi connectivity index (χ4v) is 2.95. The van der Waals surface area contributed by atoms with Crippen LogP contribution in [0.15, 0.2) is 22.5 Å². The van der Waals surface area contributed by atoms with E-state index in [9.17, 15) is 4.39 Å². The molecule has 0 aliphatic rings. The van der Waals surface area contributed by atoms with Crippen LogP contribution < -0.4 is 5.46 Å². The molecule has 2 N–H and O–H groups in total. The highest BCUT2D eigenvalue weighted by atomic mass is 32.2. The van der Waals surface area contributed by atoms with Gasteiger partial charge in [-0.25, -0.2) is 9.37 Å². The van der Waals surface area contributed by atoms with Crippen molar-refractivity contribution in [2.75, 3.05) is 0 Å². The van der Waals surface area contributed by atoms with Crippen molar-refractivity contribution in [3.63, 3.8) is 0 Å². The molecule has 4 nitrogen and oxygen atoms in total. The number of benzene rings is 1. The summed E-state index contributed by atoms with van der Waals surface area (Å²) in [5.74, 6) is 0.688. The average Bonchev–Trinajstić information content (AvgIpc) is 2.74. The summed E-state index contributed by atoms with van der Waals surface area (Å²) in [6.07, 6.45) is 0. The van der Waals surface area contributed by atoms with E-state index < -0.39 is 12.9 Å². The Kier molecular flexibility index (Phi) is 4.33. The zero-order chi connectivity index (χ0) is 13.1. The first kappa shape index (κ1) is 13.5. The number of halogens is 1. The van der Waals surface area contributed by atoms with Gasteiger partial charge in [-0.05, 0) is 30.1 Å². The smallest absolute Gasteiger partial charge is 0.423 e. The molecule has 0 saturated heterocycles. The maximum absolute atomic E-state index is 13.2. The number of nitrogens with zero attached hydrogens (tertiary/aromatic N) is 2. The summed E-state index contributed by atoms with van der Waals surface area (Å²) in [7, 11) is -1.79. The lowest BCUT2D eigenvalue weighted by Gasteiger charge is -2.05. The lowest BCUT2D eigenvalue weighted by Crippen LogP contribution is -2.32. The van der Waals surface area contributed by atoms with Crippen LogP contribution in [0, 0.1) is 12.7 Å². The molecule has 0 spiro atoms. The molecule has 0 fully saturated rings. The van der Waals surface area contributed by atoms with Gasteiger partial charge < -0.3 is 10.0 Å². The van der Waals surface area contributed by atoms with Crippen LogP contribution in [0.4, 0.5) is 4.39 Å². The monoisotopic (exact) mass is 284 g/mol. The average molecular weight is 284 g/mol. The number of thioether (sulfide) groups is 1. The zero-order valence-corrected chi connectivity index (χ0v) is 11.1. The molecule has 0 saturated carbocycles. The molecule has 94 valence electrons. The van der Waals surface area contributed by atoms with Crippen LogP contribution in [0.5, 0.6) is 0 Å². The molecule has 0 aliphatic heterocycles. The van der Waals surface area contributed by atoms with Gasteiger partial charge in [0.2, 0.25) is 0 Å². The molecule has 0 atom stereocenters. The Morgan fingerprint density at radius 3 is 2.83 bits per heavy atom. The fourth-order valence-electron chi connectivity index (χ4n) is 1.36. The molecule has 0 amide bonds. The molecular formula is C10H10BFN2O2S2. The predicted octanol–water partition coefficient (Wildman–Crippen LogP) is 0.958. The van der Waals surface area contributed by atoms with Gasteiger partial charge in [0.15, 0.2) is 4.34 Å². The summed E-state index contributed by atoms with van der Waals surface area (Å²) < 4.78 is 18.1.